The molecule has 0 aliphatic heterocycles. The average molecular weight is 399 g/mol. The van der Waals surface area contributed by atoms with E-state index in [9.17, 15) is 0 Å². The van der Waals surface area contributed by atoms with Gasteiger partial charge in [-0.25, -0.2) is 0 Å². The van der Waals surface area contributed by atoms with E-state index in [1.54, 1.807) is 0 Å². The second kappa shape index (κ2) is 7.83. The van der Waals surface area contributed by atoms with E-state index in [1.165, 1.54) is 0 Å². The number of benzene rings is 3. The van der Waals surface area contributed by atoms with E-state index >= 15 is 0 Å². The highest BCUT2D eigenvalue weighted by Gasteiger charge is 2.25. The summed E-state index contributed by atoms with van der Waals surface area (Å²) >= 11 is 6.15. The number of rotatable bonds is 7. The minimum atomic E-state index is -0.266. The standard InChI is InChI=1S/C25H31ClO2/c1-7-24(3,4)27-22-18-11-9-10-12-19(18)23(28-25(5,6)8-2)21-15-17(16-26)13-14-20(21)22/h9-15H,7-8,16H2,1-6H3. The molecule has 3 heteroatoms. The Balaban J connectivity index is 2.40. The van der Waals surface area contributed by atoms with Crippen LogP contribution in [0.4, 0.5) is 0 Å². The molecule has 3 aromatic carbocycles. The summed E-state index contributed by atoms with van der Waals surface area (Å²) in [4.78, 5) is 0. The van der Waals surface area contributed by atoms with Crippen molar-refractivity contribution in [2.75, 3.05) is 0 Å². The molecule has 28 heavy (non-hydrogen) atoms. The highest BCUT2D eigenvalue weighted by atomic mass is 35.5. The van der Waals surface area contributed by atoms with Gasteiger partial charge in [-0.05, 0) is 52.2 Å². The zero-order chi connectivity index (χ0) is 20.5. The third-order valence-corrected chi connectivity index (χ3v) is 5.91. The first-order valence-electron chi connectivity index (χ1n) is 10.1. The first kappa shape index (κ1) is 20.8. The van der Waals surface area contributed by atoms with Crippen molar-refractivity contribution in [3.05, 3.63) is 48.0 Å². The monoisotopic (exact) mass is 398 g/mol. The van der Waals surface area contributed by atoms with Gasteiger partial charge in [0.2, 0.25) is 0 Å². The molecule has 3 rings (SSSR count). The molecule has 0 N–H and O–H groups in total. The Kier molecular flexibility index (Phi) is 5.82. The Morgan fingerprint density at radius 3 is 1.64 bits per heavy atom. The molecule has 0 aliphatic carbocycles. The fourth-order valence-corrected chi connectivity index (χ4v) is 3.31. The van der Waals surface area contributed by atoms with Crippen LogP contribution in [0.1, 0.15) is 59.9 Å². The minimum absolute atomic E-state index is 0.258. The van der Waals surface area contributed by atoms with Gasteiger partial charge in [0, 0.05) is 27.4 Å². The molecule has 0 radical (unpaired) electrons. The molecular weight excluding hydrogens is 368 g/mol. The zero-order valence-electron chi connectivity index (χ0n) is 17.9. The Morgan fingerprint density at radius 1 is 0.714 bits per heavy atom. The summed E-state index contributed by atoms with van der Waals surface area (Å²) in [5.41, 5.74) is 0.549. The van der Waals surface area contributed by atoms with Gasteiger partial charge in [-0.1, -0.05) is 50.2 Å². The predicted octanol–water partition coefficient (Wildman–Crippen LogP) is 7.87. The Bertz CT molecular complexity index is 989. The second-order valence-electron chi connectivity index (χ2n) is 8.65. The van der Waals surface area contributed by atoms with Crippen LogP contribution < -0.4 is 9.47 Å². The number of halogens is 1. The third kappa shape index (κ3) is 4.07. The number of hydrogen-bond acceptors (Lipinski definition) is 2. The maximum atomic E-state index is 6.59. The van der Waals surface area contributed by atoms with Crippen molar-refractivity contribution in [2.24, 2.45) is 0 Å². The zero-order valence-corrected chi connectivity index (χ0v) is 18.6. The fourth-order valence-electron chi connectivity index (χ4n) is 3.15. The molecule has 0 aromatic heterocycles. The van der Waals surface area contributed by atoms with Crippen molar-refractivity contribution >= 4 is 33.1 Å². The minimum Gasteiger partial charge on any atom is -0.487 e. The van der Waals surface area contributed by atoms with Crippen LogP contribution in [0.2, 0.25) is 0 Å². The van der Waals surface area contributed by atoms with Crippen molar-refractivity contribution in [2.45, 2.75) is 71.5 Å². The number of ether oxygens (including phenoxy) is 2. The molecule has 0 aliphatic rings. The third-order valence-electron chi connectivity index (χ3n) is 5.60. The van der Waals surface area contributed by atoms with E-state index in [0.29, 0.717) is 5.88 Å². The molecular formula is C25H31ClO2. The van der Waals surface area contributed by atoms with E-state index in [-0.39, 0.29) is 11.2 Å². The van der Waals surface area contributed by atoms with Gasteiger partial charge in [-0.3, -0.25) is 0 Å². The van der Waals surface area contributed by atoms with Gasteiger partial charge in [0.15, 0.2) is 0 Å². The van der Waals surface area contributed by atoms with Gasteiger partial charge < -0.3 is 9.47 Å². The van der Waals surface area contributed by atoms with E-state index in [4.69, 9.17) is 21.1 Å². The topological polar surface area (TPSA) is 18.5 Å². The lowest BCUT2D eigenvalue weighted by atomic mass is 9.97. The molecule has 3 aromatic rings. The van der Waals surface area contributed by atoms with Gasteiger partial charge in [-0.15, -0.1) is 11.6 Å². The van der Waals surface area contributed by atoms with Crippen LogP contribution in [0.5, 0.6) is 11.5 Å². The molecule has 0 heterocycles. The van der Waals surface area contributed by atoms with Crippen LogP contribution in [0.3, 0.4) is 0 Å². The molecule has 0 saturated heterocycles. The number of alkyl halides is 1. The second-order valence-corrected chi connectivity index (χ2v) is 8.92. The molecule has 0 amide bonds. The molecule has 2 nitrogen and oxygen atoms in total. The van der Waals surface area contributed by atoms with E-state index in [2.05, 4.69) is 84.0 Å². The maximum Gasteiger partial charge on any atom is 0.136 e. The van der Waals surface area contributed by atoms with Crippen molar-refractivity contribution in [1.82, 2.24) is 0 Å². The molecule has 0 fully saturated rings. The van der Waals surface area contributed by atoms with E-state index < -0.39 is 0 Å². The smallest absolute Gasteiger partial charge is 0.136 e. The molecule has 0 unspecified atom stereocenters. The van der Waals surface area contributed by atoms with Crippen LogP contribution >= 0.6 is 11.6 Å². The SMILES string of the molecule is CCC(C)(C)Oc1c2ccccc2c(OC(C)(C)CC)c2cc(CCl)ccc12. The average Bonchev–Trinajstić information content (AvgIpc) is 2.69. The van der Waals surface area contributed by atoms with E-state index in [1.807, 2.05) is 0 Å². The summed E-state index contributed by atoms with van der Waals surface area (Å²) in [6, 6.07) is 14.7. The van der Waals surface area contributed by atoms with Crippen LogP contribution in [-0.2, 0) is 5.88 Å². The normalized spacial score (nSPS) is 12.5. The van der Waals surface area contributed by atoms with Gasteiger partial charge in [0.25, 0.3) is 0 Å². The van der Waals surface area contributed by atoms with Crippen LogP contribution in [-0.4, -0.2) is 11.2 Å². The van der Waals surface area contributed by atoms with Crippen molar-refractivity contribution in [3.8, 4) is 11.5 Å². The first-order chi connectivity index (χ1) is 13.2. The number of fused-ring (bicyclic) bond motifs is 2. The van der Waals surface area contributed by atoms with Crippen molar-refractivity contribution < 1.29 is 9.47 Å². The molecule has 150 valence electrons. The predicted molar refractivity (Wildman–Crippen MR) is 121 cm³/mol. The Morgan fingerprint density at radius 2 is 1.18 bits per heavy atom. The Labute approximate surface area is 173 Å². The quantitative estimate of drug-likeness (QED) is 0.297. The largest absolute Gasteiger partial charge is 0.487 e. The fraction of sp³-hybridized carbons (Fsp3) is 0.440. The van der Waals surface area contributed by atoms with Crippen molar-refractivity contribution in [1.29, 1.82) is 0 Å². The molecule has 0 atom stereocenters. The summed E-state index contributed by atoms with van der Waals surface area (Å²) < 4.78 is 13.2. The highest BCUT2D eigenvalue weighted by molar-refractivity contribution is 6.17. The van der Waals surface area contributed by atoms with Gasteiger partial charge in [0.1, 0.15) is 22.7 Å². The summed E-state index contributed by atoms with van der Waals surface area (Å²) in [5.74, 6) is 2.29. The van der Waals surface area contributed by atoms with Gasteiger partial charge in [0.05, 0.1) is 0 Å². The summed E-state index contributed by atoms with van der Waals surface area (Å²) in [5, 5.41) is 4.28. The van der Waals surface area contributed by atoms with Crippen molar-refractivity contribution in [3.63, 3.8) is 0 Å². The Hall–Kier alpha value is -1.93. The lowest BCUT2D eigenvalue weighted by Crippen LogP contribution is -2.28. The summed E-state index contributed by atoms with van der Waals surface area (Å²) in [6.07, 6.45) is 1.84. The lowest BCUT2D eigenvalue weighted by molar-refractivity contribution is 0.106. The molecule has 0 spiro atoms. The highest BCUT2D eigenvalue weighted by Crippen LogP contribution is 2.45. The maximum absolute atomic E-state index is 6.59. The summed E-state index contributed by atoms with van der Waals surface area (Å²) in [7, 11) is 0. The van der Waals surface area contributed by atoms with Gasteiger partial charge in [-0.2, -0.15) is 0 Å². The van der Waals surface area contributed by atoms with Crippen LogP contribution in [0, 0.1) is 0 Å². The van der Waals surface area contributed by atoms with Crippen LogP contribution in [0.25, 0.3) is 21.5 Å². The first-order valence-corrected chi connectivity index (χ1v) is 10.7. The summed E-state index contributed by atoms with van der Waals surface area (Å²) in [6.45, 7) is 12.8. The molecule has 0 bridgehead atoms. The lowest BCUT2D eigenvalue weighted by Gasteiger charge is -2.30. The molecule has 0 saturated carbocycles. The van der Waals surface area contributed by atoms with Gasteiger partial charge >= 0.3 is 0 Å². The van der Waals surface area contributed by atoms with Crippen LogP contribution in [0.15, 0.2) is 42.5 Å². The number of hydrogen-bond donors (Lipinski definition) is 0. The van der Waals surface area contributed by atoms with E-state index in [0.717, 1.165) is 51.4 Å².